The average molecular weight is 90.9 g/mol. The van der Waals surface area contributed by atoms with Crippen LogP contribution >= 0.6 is 0 Å². The summed E-state index contributed by atoms with van der Waals surface area (Å²) in [6.07, 6.45) is 0. The Morgan fingerprint density at radius 3 is 1.50 bits per heavy atom. The molecule has 0 heterocycles. The van der Waals surface area contributed by atoms with Crippen LogP contribution in [0.5, 0.6) is 0 Å². The molecular formula is C2H8BO3-. The lowest BCUT2D eigenvalue weighted by Gasteiger charge is -2.15. The first-order valence-electron chi connectivity index (χ1n) is 1.89. The van der Waals surface area contributed by atoms with E-state index in [-0.39, 0.29) is 6.32 Å². The Morgan fingerprint density at radius 2 is 1.50 bits per heavy atom. The predicted octanol–water partition coefficient (Wildman–Crippen LogP) is -1.08. The van der Waals surface area contributed by atoms with E-state index in [0.29, 0.717) is 0 Å². The first kappa shape index (κ1) is 5.94. The Balaban J connectivity index is 3.17. The van der Waals surface area contributed by atoms with Gasteiger partial charge < -0.3 is 15.1 Å². The number of hydrogen-bond donors (Lipinski definition) is 3. The van der Waals surface area contributed by atoms with Crippen LogP contribution in [0, 0.1) is 0 Å². The van der Waals surface area contributed by atoms with E-state index in [1.165, 1.54) is 6.92 Å². The van der Waals surface area contributed by atoms with E-state index in [1.807, 2.05) is 0 Å². The van der Waals surface area contributed by atoms with Crippen molar-refractivity contribution < 1.29 is 15.1 Å². The lowest BCUT2D eigenvalue weighted by Crippen LogP contribution is -2.32. The highest BCUT2D eigenvalue weighted by Crippen LogP contribution is 1.90. The normalized spacial score (nSPS) is 12.0. The van der Waals surface area contributed by atoms with Crippen LogP contribution in [0.15, 0.2) is 0 Å². The van der Waals surface area contributed by atoms with Gasteiger partial charge in [-0.3, -0.25) is 0 Å². The van der Waals surface area contributed by atoms with Crippen molar-refractivity contribution in [1.82, 2.24) is 0 Å². The molecule has 0 aliphatic rings. The van der Waals surface area contributed by atoms with Crippen molar-refractivity contribution in [2.45, 2.75) is 13.2 Å². The Morgan fingerprint density at radius 1 is 1.33 bits per heavy atom. The van der Waals surface area contributed by atoms with Crippen molar-refractivity contribution >= 4 is 6.75 Å². The maximum atomic E-state index is 8.00. The smallest absolute Gasteiger partial charge is 0.371 e. The second kappa shape index (κ2) is 1.60. The third-order valence-corrected chi connectivity index (χ3v) is 0.548. The molecule has 0 atom stereocenters. The molecule has 0 spiro atoms. The zero-order valence-corrected chi connectivity index (χ0v) is 3.63. The van der Waals surface area contributed by atoms with Gasteiger partial charge in [-0.25, -0.2) is 0 Å². The van der Waals surface area contributed by atoms with E-state index >= 15 is 0 Å². The van der Waals surface area contributed by atoms with E-state index in [1.54, 1.807) is 0 Å². The van der Waals surface area contributed by atoms with Crippen molar-refractivity contribution in [1.29, 1.82) is 0 Å². The molecule has 0 rings (SSSR count). The summed E-state index contributed by atoms with van der Waals surface area (Å²) in [6, 6.07) is 0. The quantitative estimate of drug-likeness (QED) is 0.360. The van der Waals surface area contributed by atoms with E-state index < -0.39 is 6.75 Å². The summed E-state index contributed by atoms with van der Waals surface area (Å²) in [5, 5.41) is 24.0. The summed E-state index contributed by atoms with van der Waals surface area (Å²) in [5.41, 5.74) is 0. The lowest BCUT2D eigenvalue weighted by molar-refractivity contribution is 0.230. The van der Waals surface area contributed by atoms with Gasteiger partial charge in [-0.15, -0.1) is 6.32 Å². The molecule has 6 heavy (non-hydrogen) atoms. The highest BCUT2D eigenvalue weighted by atomic mass is 16.5. The second-order valence-electron chi connectivity index (χ2n) is 1.30. The Labute approximate surface area is 36.2 Å². The van der Waals surface area contributed by atoms with E-state index in [2.05, 4.69) is 0 Å². The van der Waals surface area contributed by atoms with E-state index in [4.69, 9.17) is 15.1 Å². The van der Waals surface area contributed by atoms with E-state index in [9.17, 15) is 0 Å². The summed E-state index contributed by atoms with van der Waals surface area (Å²) >= 11 is 0. The monoisotopic (exact) mass is 91.1 g/mol. The van der Waals surface area contributed by atoms with Crippen LogP contribution in [0.3, 0.4) is 0 Å². The largest absolute Gasteiger partial charge is 0.560 e. The lowest BCUT2D eigenvalue weighted by atomic mass is 9.77. The fourth-order valence-corrected chi connectivity index (χ4v) is 0. The summed E-state index contributed by atoms with van der Waals surface area (Å²) < 4.78 is 0. The maximum Gasteiger partial charge on any atom is 0.371 e. The fraction of sp³-hybridized carbons (Fsp3) is 1.00. The average Bonchev–Trinajstić information content (AvgIpc) is 1.35. The number of rotatable bonds is 1. The maximum absolute atomic E-state index is 8.00. The molecule has 0 radical (unpaired) electrons. The minimum atomic E-state index is -2.99. The molecule has 0 amide bonds. The molecule has 0 fully saturated rings. The third-order valence-electron chi connectivity index (χ3n) is 0.548. The van der Waals surface area contributed by atoms with Crippen LogP contribution in [0.4, 0.5) is 0 Å². The highest BCUT2D eigenvalue weighted by Gasteiger charge is 2.09. The Kier molecular flexibility index (Phi) is 1.58. The van der Waals surface area contributed by atoms with Gasteiger partial charge in [-0.05, 0) is 0 Å². The van der Waals surface area contributed by atoms with Crippen molar-refractivity contribution in [3.8, 4) is 0 Å². The molecule has 0 bridgehead atoms. The second-order valence-corrected chi connectivity index (χ2v) is 1.30. The topological polar surface area (TPSA) is 60.7 Å². The van der Waals surface area contributed by atoms with Crippen LogP contribution < -0.4 is 0 Å². The molecule has 0 saturated carbocycles. The molecule has 38 valence electrons. The van der Waals surface area contributed by atoms with Crippen LogP contribution in [-0.2, 0) is 0 Å². The van der Waals surface area contributed by atoms with Gasteiger partial charge >= 0.3 is 6.75 Å². The van der Waals surface area contributed by atoms with Gasteiger partial charge in [-0.2, -0.15) is 0 Å². The molecule has 0 aromatic carbocycles. The number of hydrogen-bond acceptors (Lipinski definition) is 3. The SMILES string of the molecule is CC[B-](O)(O)O. The Bertz CT molecular complexity index is 38.5. The molecule has 0 aromatic rings. The summed E-state index contributed by atoms with van der Waals surface area (Å²) in [4.78, 5) is 0. The highest BCUT2D eigenvalue weighted by molar-refractivity contribution is 6.55. The van der Waals surface area contributed by atoms with Gasteiger partial charge in [0.05, 0.1) is 0 Å². The molecule has 0 unspecified atom stereocenters. The van der Waals surface area contributed by atoms with Gasteiger partial charge in [0.25, 0.3) is 0 Å². The fourth-order valence-electron chi connectivity index (χ4n) is 0. The predicted molar refractivity (Wildman–Crippen MR) is 22.9 cm³/mol. The third kappa shape index (κ3) is 3.94. The van der Waals surface area contributed by atoms with Gasteiger partial charge in [-0.1, -0.05) is 6.92 Å². The minimum Gasteiger partial charge on any atom is -0.560 e. The zero-order chi connectivity index (χ0) is 5.21. The minimum absolute atomic E-state index is 0. The van der Waals surface area contributed by atoms with Gasteiger partial charge in [0.2, 0.25) is 0 Å². The van der Waals surface area contributed by atoms with E-state index in [0.717, 1.165) is 0 Å². The molecule has 3 N–H and O–H groups in total. The molecule has 0 aliphatic heterocycles. The molecular weight excluding hydrogens is 82.8 g/mol. The van der Waals surface area contributed by atoms with Crippen LogP contribution in [0.25, 0.3) is 0 Å². The molecule has 0 aromatic heterocycles. The van der Waals surface area contributed by atoms with Crippen molar-refractivity contribution in [2.24, 2.45) is 0 Å². The van der Waals surface area contributed by atoms with Crippen LogP contribution in [0.2, 0.25) is 6.32 Å². The zero-order valence-electron chi connectivity index (χ0n) is 3.63. The molecule has 0 saturated heterocycles. The van der Waals surface area contributed by atoms with Crippen LogP contribution in [0.1, 0.15) is 6.92 Å². The molecule has 3 nitrogen and oxygen atoms in total. The van der Waals surface area contributed by atoms with Crippen molar-refractivity contribution in [2.75, 3.05) is 0 Å². The van der Waals surface area contributed by atoms with Crippen molar-refractivity contribution in [3.05, 3.63) is 0 Å². The standard InChI is InChI=1S/C2H8BO3/c1-2-3(4,5)6/h4-6H,2H2,1H3/q-1. The molecule has 0 aliphatic carbocycles. The van der Waals surface area contributed by atoms with Crippen molar-refractivity contribution in [3.63, 3.8) is 0 Å². The van der Waals surface area contributed by atoms with Gasteiger partial charge in [0.1, 0.15) is 0 Å². The first-order chi connectivity index (χ1) is 2.56. The van der Waals surface area contributed by atoms with Crippen LogP contribution in [-0.4, -0.2) is 21.8 Å². The first-order valence-corrected chi connectivity index (χ1v) is 1.89. The Hall–Kier alpha value is -0.0551. The summed E-state index contributed by atoms with van der Waals surface area (Å²) in [5.74, 6) is 0. The van der Waals surface area contributed by atoms with Gasteiger partial charge in [0, 0.05) is 0 Å². The van der Waals surface area contributed by atoms with Gasteiger partial charge in [0.15, 0.2) is 0 Å². The summed E-state index contributed by atoms with van der Waals surface area (Å²) in [7, 11) is 0. The molecule has 4 heteroatoms. The summed E-state index contributed by atoms with van der Waals surface area (Å²) in [6.45, 7) is -1.50.